The normalized spacial score (nSPS) is 24.4. The van der Waals surface area contributed by atoms with Crippen molar-refractivity contribution < 1.29 is 9.47 Å². The van der Waals surface area contributed by atoms with E-state index in [2.05, 4.69) is 35.9 Å². The van der Waals surface area contributed by atoms with E-state index in [0.717, 1.165) is 78.2 Å². The second-order valence-corrected chi connectivity index (χ2v) is 6.97. The minimum absolute atomic E-state index is 0.568. The van der Waals surface area contributed by atoms with Crippen LogP contribution in [0.3, 0.4) is 0 Å². The van der Waals surface area contributed by atoms with Crippen LogP contribution < -0.4 is 5.32 Å². The first-order valence-corrected chi connectivity index (χ1v) is 9.64. The van der Waals surface area contributed by atoms with E-state index >= 15 is 0 Å². The first kappa shape index (κ1) is 19.5. The van der Waals surface area contributed by atoms with Crippen molar-refractivity contribution in [3.05, 3.63) is 0 Å². The highest BCUT2D eigenvalue weighted by Gasteiger charge is 2.25. The third-order valence-corrected chi connectivity index (χ3v) is 4.70. The summed E-state index contributed by atoms with van der Waals surface area (Å²) in [6, 6.07) is 0. The Hall–Kier alpha value is -0.850. The number of nitrogens with zero attached hydrogens (tertiary/aromatic N) is 3. The van der Waals surface area contributed by atoms with Gasteiger partial charge >= 0.3 is 0 Å². The first-order chi connectivity index (χ1) is 11.7. The maximum atomic E-state index is 5.59. The Bertz CT molecular complexity index is 372. The molecule has 2 unspecified atom stereocenters. The number of morpholine rings is 1. The molecule has 2 aliphatic rings. The van der Waals surface area contributed by atoms with Gasteiger partial charge in [-0.2, -0.15) is 0 Å². The van der Waals surface area contributed by atoms with Crippen molar-refractivity contribution in [2.24, 2.45) is 16.8 Å². The van der Waals surface area contributed by atoms with Crippen LogP contribution in [0.2, 0.25) is 0 Å². The molecule has 140 valence electrons. The third-order valence-electron chi connectivity index (χ3n) is 4.70. The lowest BCUT2D eigenvalue weighted by Gasteiger charge is -2.29. The van der Waals surface area contributed by atoms with Crippen molar-refractivity contribution in [1.82, 2.24) is 15.1 Å². The summed E-state index contributed by atoms with van der Waals surface area (Å²) in [5.74, 6) is 2.28. The summed E-state index contributed by atoms with van der Waals surface area (Å²) in [6.07, 6.45) is 1.20. The van der Waals surface area contributed by atoms with E-state index in [4.69, 9.17) is 14.5 Å². The second kappa shape index (κ2) is 10.9. The van der Waals surface area contributed by atoms with E-state index in [-0.39, 0.29) is 0 Å². The molecule has 0 aromatic heterocycles. The van der Waals surface area contributed by atoms with Gasteiger partial charge in [-0.15, -0.1) is 0 Å². The summed E-state index contributed by atoms with van der Waals surface area (Å²) in [5.41, 5.74) is 0. The van der Waals surface area contributed by atoms with Crippen molar-refractivity contribution in [2.45, 2.75) is 27.2 Å². The summed E-state index contributed by atoms with van der Waals surface area (Å²) < 4.78 is 11.0. The molecule has 0 aromatic rings. The molecule has 6 heteroatoms. The molecule has 2 saturated heterocycles. The van der Waals surface area contributed by atoms with Gasteiger partial charge in [-0.05, 0) is 26.2 Å². The summed E-state index contributed by atoms with van der Waals surface area (Å²) in [7, 11) is 0. The number of ether oxygens (including phenoxy) is 2. The van der Waals surface area contributed by atoms with Crippen LogP contribution in [0.4, 0.5) is 0 Å². The van der Waals surface area contributed by atoms with Crippen LogP contribution in [-0.2, 0) is 9.47 Å². The van der Waals surface area contributed by atoms with E-state index in [1.54, 1.807) is 0 Å². The molecule has 2 atom stereocenters. The highest BCUT2D eigenvalue weighted by atomic mass is 16.5. The molecular weight excluding hydrogens is 304 g/mol. The summed E-state index contributed by atoms with van der Waals surface area (Å²) in [5, 5.41) is 3.46. The maximum absolute atomic E-state index is 5.59. The molecule has 2 heterocycles. The van der Waals surface area contributed by atoms with Crippen LogP contribution in [0.15, 0.2) is 4.99 Å². The van der Waals surface area contributed by atoms with E-state index < -0.39 is 0 Å². The molecule has 24 heavy (non-hydrogen) atoms. The van der Waals surface area contributed by atoms with E-state index in [0.29, 0.717) is 11.8 Å². The average Bonchev–Trinajstić information content (AvgIpc) is 3.06. The van der Waals surface area contributed by atoms with Gasteiger partial charge in [-0.3, -0.25) is 9.89 Å². The van der Waals surface area contributed by atoms with Crippen molar-refractivity contribution in [3.8, 4) is 0 Å². The molecular formula is C18H36N4O2. The number of rotatable bonds is 8. The second-order valence-electron chi connectivity index (χ2n) is 6.97. The van der Waals surface area contributed by atoms with Gasteiger partial charge in [0.05, 0.1) is 19.8 Å². The fraction of sp³-hybridized carbons (Fsp3) is 0.944. The number of hydrogen-bond donors (Lipinski definition) is 1. The maximum Gasteiger partial charge on any atom is 0.193 e. The van der Waals surface area contributed by atoms with Crippen LogP contribution in [0.1, 0.15) is 27.2 Å². The fourth-order valence-electron chi connectivity index (χ4n) is 3.40. The van der Waals surface area contributed by atoms with Crippen molar-refractivity contribution in [2.75, 3.05) is 72.2 Å². The van der Waals surface area contributed by atoms with Gasteiger partial charge in [0, 0.05) is 58.3 Å². The lowest BCUT2D eigenvalue weighted by Crippen LogP contribution is -2.41. The van der Waals surface area contributed by atoms with Crippen LogP contribution in [-0.4, -0.2) is 88.0 Å². The van der Waals surface area contributed by atoms with E-state index in [1.807, 2.05) is 0 Å². The van der Waals surface area contributed by atoms with Crippen LogP contribution >= 0.6 is 0 Å². The predicted molar refractivity (Wildman–Crippen MR) is 98.6 cm³/mol. The van der Waals surface area contributed by atoms with Gasteiger partial charge in [0.25, 0.3) is 0 Å². The minimum Gasteiger partial charge on any atom is -0.381 e. The van der Waals surface area contributed by atoms with Gasteiger partial charge in [-0.25, -0.2) is 0 Å². The SMILES string of the molecule is CCNC(=NCC(C)CN1CCOCC1)N1CCC(COCC)C1. The van der Waals surface area contributed by atoms with Gasteiger partial charge in [0.1, 0.15) is 0 Å². The topological polar surface area (TPSA) is 49.3 Å². The zero-order valence-electron chi connectivity index (χ0n) is 15.8. The number of aliphatic imine (C=N–C) groups is 1. The quantitative estimate of drug-likeness (QED) is 0.533. The van der Waals surface area contributed by atoms with Crippen molar-refractivity contribution in [3.63, 3.8) is 0 Å². The Labute approximate surface area is 147 Å². The van der Waals surface area contributed by atoms with Crippen molar-refractivity contribution >= 4 is 5.96 Å². The predicted octanol–water partition coefficient (Wildman–Crippen LogP) is 1.28. The van der Waals surface area contributed by atoms with Gasteiger partial charge in [0.2, 0.25) is 0 Å². The largest absolute Gasteiger partial charge is 0.381 e. The molecule has 2 aliphatic heterocycles. The van der Waals surface area contributed by atoms with Crippen LogP contribution in [0.5, 0.6) is 0 Å². The molecule has 0 saturated carbocycles. The number of guanidine groups is 1. The smallest absolute Gasteiger partial charge is 0.193 e. The molecule has 0 spiro atoms. The summed E-state index contributed by atoms with van der Waals surface area (Å²) in [6.45, 7) is 17.1. The zero-order valence-corrected chi connectivity index (χ0v) is 15.8. The van der Waals surface area contributed by atoms with Gasteiger partial charge < -0.3 is 19.7 Å². The van der Waals surface area contributed by atoms with Crippen LogP contribution in [0.25, 0.3) is 0 Å². The van der Waals surface area contributed by atoms with E-state index in [1.165, 1.54) is 6.42 Å². The molecule has 0 aliphatic carbocycles. The first-order valence-electron chi connectivity index (χ1n) is 9.64. The molecule has 0 radical (unpaired) electrons. The fourth-order valence-corrected chi connectivity index (χ4v) is 3.40. The Morgan fingerprint density at radius 3 is 2.79 bits per heavy atom. The Morgan fingerprint density at radius 1 is 1.29 bits per heavy atom. The highest BCUT2D eigenvalue weighted by molar-refractivity contribution is 5.80. The molecule has 2 rings (SSSR count). The monoisotopic (exact) mass is 340 g/mol. The number of hydrogen-bond acceptors (Lipinski definition) is 4. The van der Waals surface area contributed by atoms with E-state index in [9.17, 15) is 0 Å². The average molecular weight is 341 g/mol. The minimum atomic E-state index is 0.568. The van der Waals surface area contributed by atoms with Crippen LogP contribution in [0, 0.1) is 11.8 Å². The number of nitrogens with one attached hydrogen (secondary N) is 1. The number of likely N-dealkylation sites (tertiary alicyclic amines) is 1. The van der Waals surface area contributed by atoms with Gasteiger partial charge in [-0.1, -0.05) is 6.92 Å². The lowest BCUT2D eigenvalue weighted by molar-refractivity contribution is 0.0323. The summed E-state index contributed by atoms with van der Waals surface area (Å²) >= 11 is 0. The molecule has 0 aromatic carbocycles. The van der Waals surface area contributed by atoms with Crippen molar-refractivity contribution in [1.29, 1.82) is 0 Å². The Morgan fingerprint density at radius 2 is 2.08 bits per heavy atom. The molecule has 2 fully saturated rings. The van der Waals surface area contributed by atoms with Gasteiger partial charge in [0.15, 0.2) is 5.96 Å². The Kier molecular flexibility index (Phi) is 8.84. The zero-order chi connectivity index (χ0) is 17.2. The Balaban J connectivity index is 1.79. The summed E-state index contributed by atoms with van der Waals surface area (Å²) in [4.78, 5) is 9.80. The molecule has 6 nitrogen and oxygen atoms in total. The molecule has 0 bridgehead atoms. The lowest BCUT2D eigenvalue weighted by atomic mass is 10.1. The standard InChI is InChI=1S/C18H36N4O2/c1-4-19-18(22-7-6-17(14-22)15-23-5-2)20-12-16(3)13-21-8-10-24-11-9-21/h16-17H,4-15H2,1-3H3,(H,19,20). The molecule has 1 N–H and O–H groups in total. The highest BCUT2D eigenvalue weighted by Crippen LogP contribution is 2.17. The molecule has 0 amide bonds. The third kappa shape index (κ3) is 6.57.